The molecular weight excluding hydrogens is 437 g/mol. The third kappa shape index (κ3) is 2.75. The summed E-state index contributed by atoms with van der Waals surface area (Å²) in [5.74, 6) is 1.79. The molecule has 2 aromatic carbocycles. The first-order valence-electron chi connectivity index (χ1n) is 7.02. The van der Waals surface area contributed by atoms with E-state index in [2.05, 4.69) is 15.9 Å². The molecule has 4 nitrogen and oxygen atoms in total. The second-order valence-corrected chi connectivity index (χ2v) is 7.99. The summed E-state index contributed by atoms with van der Waals surface area (Å²) in [7, 11) is 0. The Labute approximate surface area is 161 Å². The summed E-state index contributed by atoms with van der Waals surface area (Å²) in [5, 5.41) is 0.696. The van der Waals surface area contributed by atoms with Gasteiger partial charge in [-0.05, 0) is 30.3 Å². The lowest BCUT2D eigenvalue weighted by Gasteiger charge is -2.25. The number of anilines is 1. The van der Waals surface area contributed by atoms with E-state index in [1.807, 2.05) is 12.1 Å². The Balaban J connectivity index is 1.77. The molecule has 0 bridgehead atoms. The van der Waals surface area contributed by atoms with Crippen molar-refractivity contribution in [2.75, 3.05) is 17.4 Å². The summed E-state index contributed by atoms with van der Waals surface area (Å²) < 4.78 is 11.7. The minimum atomic E-state index is -0.182. The maximum Gasteiger partial charge on any atom is 0.238 e. The van der Waals surface area contributed by atoms with Gasteiger partial charge in [-0.1, -0.05) is 39.1 Å². The Hall–Kier alpha value is -1.08. The number of fused-ring (bicyclic) bond motifs is 1. The van der Waals surface area contributed by atoms with Crippen LogP contribution >= 0.6 is 50.9 Å². The summed E-state index contributed by atoms with van der Waals surface area (Å²) in [6.45, 7) is 0.207. The summed E-state index contributed by atoms with van der Waals surface area (Å²) in [5.41, 5.74) is 1.66. The van der Waals surface area contributed by atoms with E-state index in [4.69, 9.17) is 32.7 Å². The third-order valence-corrected chi connectivity index (χ3v) is 6.43. The number of carbonyl (C=O) groups is 1. The van der Waals surface area contributed by atoms with Crippen molar-refractivity contribution in [2.24, 2.45) is 0 Å². The highest BCUT2D eigenvalue weighted by Gasteiger charge is 2.36. The molecule has 8 heteroatoms. The summed E-state index contributed by atoms with van der Waals surface area (Å²) in [6.07, 6.45) is 0. The zero-order valence-electron chi connectivity index (χ0n) is 12.1. The lowest BCUT2D eigenvalue weighted by molar-refractivity contribution is -0.115. The first-order valence-corrected chi connectivity index (χ1v) is 9.62. The van der Waals surface area contributed by atoms with Gasteiger partial charge in [0, 0.05) is 15.7 Å². The number of hydrogen-bond acceptors (Lipinski definition) is 4. The second kappa shape index (κ2) is 6.33. The molecule has 1 saturated heterocycles. The smallest absolute Gasteiger partial charge is 0.238 e. The van der Waals surface area contributed by atoms with E-state index >= 15 is 0 Å². The Kier molecular flexibility index (Phi) is 4.33. The van der Waals surface area contributed by atoms with Gasteiger partial charge < -0.3 is 9.47 Å². The lowest BCUT2D eigenvalue weighted by Crippen LogP contribution is -2.28. The second-order valence-electron chi connectivity index (χ2n) is 5.25. The van der Waals surface area contributed by atoms with Gasteiger partial charge in [0.25, 0.3) is 0 Å². The van der Waals surface area contributed by atoms with Crippen molar-refractivity contribution in [1.82, 2.24) is 0 Å². The van der Waals surface area contributed by atoms with Crippen molar-refractivity contribution in [3.05, 3.63) is 50.4 Å². The van der Waals surface area contributed by atoms with Crippen LogP contribution in [0, 0.1) is 0 Å². The van der Waals surface area contributed by atoms with Crippen LogP contribution in [0.2, 0.25) is 10.0 Å². The van der Waals surface area contributed by atoms with Crippen molar-refractivity contribution < 1.29 is 14.3 Å². The van der Waals surface area contributed by atoms with E-state index < -0.39 is 0 Å². The fourth-order valence-electron chi connectivity index (χ4n) is 2.69. The highest BCUT2D eigenvalue weighted by molar-refractivity contribution is 9.10. The molecule has 4 rings (SSSR count). The predicted molar refractivity (Wildman–Crippen MR) is 99.4 cm³/mol. The topological polar surface area (TPSA) is 38.8 Å². The van der Waals surface area contributed by atoms with Gasteiger partial charge >= 0.3 is 0 Å². The molecule has 0 aromatic heterocycles. The van der Waals surface area contributed by atoms with Crippen LogP contribution < -0.4 is 14.4 Å². The van der Waals surface area contributed by atoms with E-state index in [1.54, 1.807) is 34.9 Å². The van der Waals surface area contributed by atoms with E-state index in [-0.39, 0.29) is 18.1 Å². The number of hydrogen-bond donors (Lipinski definition) is 0. The number of halogens is 3. The zero-order valence-corrected chi connectivity index (χ0v) is 16.0. The van der Waals surface area contributed by atoms with Crippen molar-refractivity contribution >= 4 is 62.5 Å². The first kappa shape index (κ1) is 16.4. The number of carbonyl (C=O) groups excluding carboxylic acids is 1. The molecule has 2 heterocycles. The molecule has 1 fully saturated rings. The molecule has 0 saturated carbocycles. The first-order chi connectivity index (χ1) is 11.5. The molecule has 24 heavy (non-hydrogen) atoms. The fourth-order valence-corrected chi connectivity index (χ4v) is 4.88. The lowest BCUT2D eigenvalue weighted by atomic mass is 10.1. The number of thioether (sulfide) groups is 1. The van der Waals surface area contributed by atoms with Gasteiger partial charge in [-0.2, -0.15) is 0 Å². The van der Waals surface area contributed by atoms with E-state index in [1.165, 1.54) is 0 Å². The molecule has 124 valence electrons. The molecule has 1 atom stereocenters. The third-order valence-electron chi connectivity index (χ3n) is 3.81. The number of ether oxygens (including phenoxy) is 2. The van der Waals surface area contributed by atoms with Crippen molar-refractivity contribution in [3.63, 3.8) is 0 Å². The zero-order chi connectivity index (χ0) is 16.8. The van der Waals surface area contributed by atoms with Gasteiger partial charge in [-0.15, -0.1) is 11.8 Å². The fraction of sp³-hybridized carbons (Fsp3) is 0.188. The molecule has 2 aliphatic heterocycles. The standard InChI is InChI=1S/C16H10BrCl2NO3S/c17-10-5-14-13(22-7-23-14)4-9(10)16-20(15(21)6-24-16)8-1-2-11(18)12(19)3-8/h1-5,16H,6-7H2/t16-/m0/s1. The van der Waals surface area contributed by atoms with Crippen LogP contribution in [0.15, 0.2) is 34.8 Å². The normalized spacial score (nSPS) is 19.2. The Bertz CT molecular complexity index is 848. The quantitative estimate of drug-likeness (QED) is 0.630. The van der Waals surface area contributed by atoms with E-state index in [9.17, 15) is 4.79 Å². The average molecular weight is 447 g/mol. The van der Waals surface area contributed by atoms with Gasteiger partial charge in [0.2, 0.25) is 12.7 Å². The van der Waals surface area contributed by atoms with Crippen LogP contribution in [0.3, 0.4) is 0 Å². The van der Waals surface area contributed by atoms with Gasteiger partial charge in [0.1, 0.15) is 5.37 Å². The van der Waals surface area contributed by atoms with Crippen molar-refractivity contribution in [3.8, 4) is 11.5 Å². The molecule has 0 radical (unpaired) electrons. The highest BCUT2D eigenvalue weighted by Crippen LogP contribution is 2.48. The van der Waals surface area contributed by atoms with E-state index in [0.29, 0.717) is 33.0 Å². The summed E-state index contributed by atoms with van der Waals surface area (Å²) in [6, 6.07) is 8.98. The van der Waals surface area contributed by atoms with Gasteiger partial charge in [0.15, 0.2) is 11.5 Å². The molecule has 2 aliphatic rings. The van der Waals surface area contributed by atoms with E-state index in [0.717, 1.165) is 10.0 Å². The van der Waals surface area contributed by atoms with Crippen LogP contribution in [0.25, 0.3) is 0 Å². The molecule has 0 unspecified atom stereocenters. The molecule has 0 spiro atoms. The number of nitrogens with zero attached hydrogens (tertiary/aromatic N) is 1. The Morgan fingerprint density at radius 3 is 2.62 bits per heavy atom. The maximum absolute atomic E-state index is 12.5. The van der Waals surface area contributed by atoms with Crippen LogP contribution in [-0.2, 0) is 4.79 Å². The van der Waals surface area contributed by atoms with Crippen LogP contribution in [0.4, 0.5) is 5.69 Å². The maximum atomic E-state index is 12.5. The minimum Gasteiger partial charge on any atom is -0.454 e. The molecule has 0 N–H and O–H groups in total. The van der Waals surface area contributed by atoms with Crippen LogP contribution in [0.5, 0.6) is 11.5 Å². The molecule has 2 aromatic rings. The average Bonchev–Trinajstić information content (AvgIpc) is 3.15. The minimum absolute atomic E-state index is 0.0213. The number of benzene rings is 2. The highest BCUT2D eigenvalue weighted by atomic mass is 79.9. The van der Waals surface area contributed by atoms with Crippen LogP contribution in [-0.4, -0.2) is 18.5 Å². The SMILES string of the molecule is O=C1CS[C@@H](c2cc3c(cc2Br)OCO3)N1c1ccc(Cl)c(Cl)c1. The van der Waals surface area contributed by atoms with Gasteiger partial charge in [-0.3, -0.25) is 9.69 Å². The van der Waals surface area contributed by atoms with Gasteiger partial charge in [0.05, 0.1) is 15.8 Å². The van der Waals surface area contributed by atoms with Crippen LogP contribution in [0.1, 0.15) is 10.9 Å². The molecule has 0 aliphatic carbocycles. The monoisotopic (exact) mass is 445 g/mol. The van der Waals surface area contributed by atoms with Crippen molar-refractivity contribution in [2.45, 2.75) is 5.37 Å². The Morgan fingerprint density at radius 2 is 1.88 bits per heavy atom. The molecule has 1 amide bonds. The summed E-state index contributed by atoms with van der Waals surface area (Å²) >= 11 is 17.2. The number of amides is 1. The summed E-state index contributed by atoms with van der Waals surface area (Å²) in [4.78, 5) is 14.2. The number of rotatable bonds is 2. The Morgan fingerprint density at radius 1 is 1.12 bits per heavy atom. The predicted octanol–water partition coefficient (Wildman–Crippen LogP) is 5.26. The van der Waals surface area contributed by atoms with Gasteiger partial charge in [-0.25, -0.2) is 0 Å². The van der Waals surface area contributed by atoms with Crippen molar-refractivity contribution in [1.29, 1.82) is 0 Å². The molecular formula is C16H10BrCl2NO3S. The largest absolute Gasteiger partial charge is 0.454 e.